The Kier molecular flexibility index (Phi) is 3.52. The second-order valence-corrected chi connectivity index (χ2v) is 4.82. The molecule has 0 rings (SSSR count). The van der Waals surface area contributed by atoms with E-state index in [2.05, 4.69) is 34.3 Å². The van der Waals surface area contributed by atoms with Gasteiger partial charge in [-0.2, -0.15) is 0 Å². The van der Waals surface area contributed by atoms with E-state index in [9.17, 15) is 0 Å². The van der Waals surface area contributed by atoms with E-state index < -0.39 is 0 Å². The van der Waals surface area contributed by atoms with Crippen molar-refractivity contribution < 1.29 is 4.74 Å². The van der Waals surface area contributed by atoms with E-state index >= 15 is 0 Å². The smallest absolute Gasteiger partial charge is 0.0735 e. The summed E-state index contributed by atoms with van der Waals surface area (Å²) in [6.45, 7) is 14.7. The topological polar surface area (TPSA) is 9.23 Å². The minimum absolute atomic E-state index is 0.0984. The van der Waals surface area contributed by atoms with Crippen molar-refractivity contribution in [3.63, 3.8) is 0 Å². The summed E-state index contributed by atoms with van der Waals surface area (Å²) in [5.74, 6) is 0. The van der Waals surface area contributed by atoms with Gasteiger partial charge in [-0.25, -0.2) is 0 Å². The molecule has 0 saturated carbocycles. The molecule has 0 aliphatic rings. The Balaban J connectivity index is 4.56. The van der Waals surface area contributed by atoms with E-state index in [-0.39, 0.29) is 11.0 Å². The summed E-state index contributed by atoms with van der Waals surface area (Å²) in [4.78, 5) is 0. The predicted molar refractivity (Wildman–Crippen MR) is 54.3 cm³/mol. The highest BCUT2D eigenvalue weighted by molar-refractivity contribution is 5.01. The summed E-state index contributed by atoms with van der Waals surface area (Å²) in [6, 6.07) is 0. The molecule has 1 heteroatoms. The second-order valence-electron chi connectivity index (χ2n) is 4.82. The van der Waals surface area contributed by atoms with Crippen LogP contribution in [-0.4, -0.2) is 12.7 Å². The third-order valence-electron chi connectivity index (χ3n) is 2.68. The van der Waals surface area contributed by atoms with Crippen LogP contribution in [0.4, 0.5) is 0 Å². The minimum Gasteiger partial charge on any atom is -0.378 e. The number of ether oxygens (including phenoxy) is 1. The number of methoxy groups -OCH3 is 1. The van der Waals surface area contributed by atoms with Gasteiger partial charge >= 0.3 is 0 Å². The van der Waals surface area contributed by atoms with Gasteiger partial charge in [0, 0.05) is 7.11 Å². The highest BCUT2D eigenvalue weighted by Crippen LogP contribution is 2.37. The molecule has 0 aromatic heterocycles. The first-order valence-corrected chi connectivity index (χ1v) is 4.42. The Bertz CT molecular complexity index is 164. The number of hydrogen-bond donors (Lipinski definition) is 0. The van der Waals surface area contributed by atoms with Gasteiger partial charge in [0.2, 0.25) is 0 Å². The molecule has 0 radical (unpaired) electrons. The summed E-state index contributed by atoms with van der Waals surface area (Å²) >= 11 is 0. The highest BCUT2D eigenvalue weighted by atomic mass is 16.5. The standard InChI is InChI=1S/C11H22O/c1-9(2)8-11(6,12-7)10(3,4)5/h1,8H2,2-7H3. The van der Waals surface area contributed by atoms with E-state index in [0.717, 1.165) is 6.42 Å². The van der Waals surface area contributed by atoms with Crippen LogP contribution in [0.1, 0.15) is 41.0 Å². The number of hydrogen-bond acceptors (Lipinski definition) is 1. The molecule has 0 N–H and O–H groups in total. The van der Waals surface area contributed by atoms with Gasteiger partial charge in [-0.15, -0.1) is 6.58 Å². The van der Waals surface area contributed by atoms with Crippen LogP contribution in [0.5, 0.6) is 0 Å². The Morgan fingerprint density at radius 2 is 1.67 bits per heavy atom. The van der Waals surface area contributed by atoms with Crippen LogP contribution in [0.15, 0.2) is 12.2 Å². The van der Waals surface area contributed by atoms with E-state index in [4.69, 9.17) is 4.74 Å². The lowest BCUT2D eigenvalue weighted by Crippen LogP contribution is -2.41. The van der Waals surface area contributed by atoms with Crippen molar-refractivity contribution in [3.8, 4) is 0 Å². The second kappa shape index (κ2) is 3.61. The Morgan fingerprint density at radius 1 is 1.25 bits per heavy atom. The van der Waals surface area contributed by atoms with E-state index in [1.165, 1.54) is 5.57 Å². The van der Waals surface area contributed by atoms with Gasteiger partial charge in [0.15, 0.2) is 0 Å². The van der Waals surface area contributed by atoms with Gasteiger partial charge in [0.05, 0.1) is 5.60 Å². The molecule has 0 aliphatic heterocycles. The quantitative estimate of drug-likeness (QED) is 0.590. The van der Waals surface area contributed by atoms with Gasteiger partial charge in [-0.3, -0.25) is 0 Å². The molecule has 72 valence electrons. The maximum absolute atomic E-state index is 5.55. The molecule has 0 aromatic carbocycles. The molecule has 0 aromatic rings. The zero-order valence-electron chi connectivity index (χ0n) is 9.32. The van der Waals surface area contributed by atoms with Crippen molar-refractivity contribution in [1.29, 1.82) is 0 Å². The normalized spacial score (nSPS) is 17.2. The predicted octanol–water partition coefficient (Wildman–Crippen LogP) is 3.40. The van der Waals surface area contributed by atoms with Crippen molar-refractivity contribution in [2.45, 2.75) is 46.6 Å². The monoisotopic (exact) mass is 170 g/mol. The Morgan fingerprint density at radius 3 is 1.75 bits per heavy atom. The molecular weight excluding hydrogens is 148 g/mol. The first-order valence-electron chi connectivity index (χ1n) is 4.42. The molecule has 1 nitrogen and oxygen atoms in total. The zero-order valence-corrected chi connectivity index (χ0v) is 9.32. The molecule has 0 saturated heterocycles. The fraction of sp³-hybridized carbons (Fsp3) is 0.818. The highest BCUT2D eigenvalue weighted by Gasteiger charge is 2.37. The van der Waals surface area contributed by atoms with E-state index in [1.807, 2.05) is 6.92 Å². The van der Waals surface area contributed by atoms with Crippen molar-refractivity contribution in [1.82, 2.24) is 0 Å². The maximum Gasteiger partial charge on any atom is 0.0735 e. The van der Waals surface area contributed by atoms with Crippen LogP contribution in [0, 0.1) is 5.41 Å². The third kappa shape index (κ3) is 2.63. The first kappa shape index (κ1) is 11.7. The first-order chi connectivity index (χ1) is 5.23. The molecule has 0 heterocycles. The summed E-state index contributed by atoms with van der Waals surface area (Å²) in [5.41, 5.74) is 1.23. The molecular formula is C11H22O. The molecule has 0 spiro atoms. The van der Waals surface area contributed by atoms with Gasteiger partial charge in [-0.05, 0) is 25.7 Å². The van der Waals surface area contributed by atoms with Crippen LogP contribution >= 0.6 is 0 Å². The average Bonchev–Trinajstić information content (AvgIpc) is 1.83. The van der Waals surface area contributed by atoms with E-state index in [1.54, 1.807) is 7.11 Å². The lowest BCUT2D eigenvalue weighted by molar-refractivity contribution is -0.0764. The molecule has 0 bridgehead atoms. The van der Waals surface area contributed by atoms with Crippen molar-refractivity contribution in [2.75, 3.05) is 7.11 Å². The van der Waals surface area contributed by atoms with Crippen LogP contribution in [-0.2, 0) is 4.74 Å². The molecule has 12 heavy (non-hydrogen) atoms. The van der Waals surface area contributed by atoms with Gasteiger partial charge < -0.3 is 4.74 Å². The van der Waals surface area contributed by atoms with Crippen LogP contribution < -0.4 is 0 Å². The lowest BCUT2D eigenvalue weighted by Gasteiger charge is -2.41. The molecule has 0 aliphatic carbocycles. The Labute approximate surface area is 76.8 Å². The molecule has 1 atom stereocenters. The Hall–Kier alpha value is -0.300. The SMILES string of the molecule is C=C(C)CC(C)(OC)C(C)(C)C. The van der Waals surface area contributed by atoms with E-state index in [0.29, 0.717) is 0 Å². The zero-order chi connectivity index (χ0) is 9.99. The minimum atomic E-state index is -0.0984. The third-order valence-corrected chi connectivity index (χ3v) is 2.68. The van der Waals surface area contributed by atoms with Crippen LogP contribution in [0.3, 0.4) is 0 Å². The largest absolute Gasteiger partial charge is 0.378 e. The fourth-order valence-corrected chi connectivity index (χ4v) is 1.22. The van der Waals surface area contributed by atoms with Crippen molar-refractivity contribution in [3.05, 3.63) is 12.2 Å². The van der Waals surface area contributed by atoms with Crippen LogP contribution in [0.2, 0.25) is 0 Å². The lowest BCUT2D eigenvalue weighted by atomic mass is 9.74. The maximum atomic E-state index is 5.55. The summed E-state index contributed by atoms with van der Waals surface area (Å²) in [6.07, 6.45) is 0.924. The summed E-state index contributed by atoms with van der Waals surface area (Å²) < 4.78 is 5.55. The molecule has 0 amide bonds. The summed E-state index contributed by atoms with van der Waals surface area (Å²) in [5, 5.41) is 0. The average molecular weight is 170 g/mol. The van der Waals surface area contributed by atoms with Crippen molar-refractivity contribution in [2.24, 2.45) is 5.41 Å². The van der Waals surface area contributed by atoms with Crippen LogP contribution in [0.25, 0.3) is 0 Å². The fourth-order valence-electron chi connectivity index (χ4n) is 1.22. The van der Waals surface area contributed by atoms with Gasteiger partial charge in [0.25, 0.3) is 0 Å². The summed E-state index contributed by atoms with van der Waals surface area (Å²) in [7, 11) is 1.77. The van der Waals surface area contributed by atoms with Gasteiger partial charge in [-0.1, -0.05) is 26.3 Å². The molecule has 0 fully saturated rings. The molecule has 1 unspecified atom stereocenters. The number of rotatable bonds is 3. The van der Waals surface area contributed by atoms with Gasteiger partial charge in [0.1, 0.15) is 0 Å². The van der Waals surface area contributed by atoms with Crippen molar-refractivity contribution >= 4 is 0 Å².